The summed E-state index contributed by atoms with van der Waals surface area (Å²) in [6.45, 7) is 0.731. The van der Waals surface area contributed by atoms with Gasteiger partial charge in [0.25, 0.3) is 0 Å². The first-order valence-corrected chi connectivity index (χ1v) is 4.12. The molecule has 12 heavy (non-hydrogen) atoms. The van der Waals surface area contributed by atoms with Gasteiger partial charge >= 0.3 is 0 Å². The first kappa shape index (κ1) is 7.35. The lowest BCUT2D eigenvalue weighted by atomic mass is 10.1. The van der Waals surface area contributed by atoms with Crippen molar-refractivity contribution in [1.82, 2.24) is 0 Å². The van der Waals surface area contributed by atoms with E-state index in [0.29, 0.717) is 6.04 Å². The zero-order valence-electron chi connectivity index (χ0n) is 6.81. The Morgan fingerprint density at radius 1 is 1.33 bits per heavy atom. The molecule has 0 aromatic heterocycles. The van der Waals surface area contributed by atoms with E-state index in [1.165, 1.54) is 5.56 Å². The van der Waals surface area contributed by atoms with Crippen molar-refractivity contribution in [2.75, 3.05) is 6.61 Å². The van der Waals surface area contributed by atoms with Crippen LogP contribution < -0.4 is 0 Å². The maximum atomic E-state index is 5.04. The normalized spacial score (nSPS) is 20.8. The van der Waals surface area contributed by atoms with E-state index in [9.17, 15) is 0 Å². The summed E-state index contributed by atoms with van der Waals surface area (Å²) in [5.74, 6) is 0. The van der Waals surface area contributed by atoms with Crippen molar-refractivity contribution in [2.24, 2.45) is 4.99 Å². The monoisotopic (exact) mass is 161 g/mol. The summed E-state index contributed by atoms with van der Waals surface area (Å²) >= 11 is 0. The number of rotatable bonds is 2. The van der Waals surface area contributed by atoms with Crippen molar-refractivity contribution in [3.8, 4) is 0 Å². The van der Waals surface area contributed by atoms with E-state index in [2.05, 4.69) is 29.3 Å². The van der Waals surface area contributed by atoms with E-state index >= 15 is 0 Å². The van der Waals surface area contributed by atoms with Gasteiger partial charge in [0.2, 0.25) is 0 Å². The average molecular weight is 161 g/mol. The fourth-order valence-corrected chi connectivity index (χ4v) is 1.32. The molecule has 0 N–H and O–H groups in total. The minimum absolute atomic E-state index is 0.326. The second-order valence-electron chi connectivity index (χ2n) is 2.93. The zero-order valence-corrected chi connectivity index (χ0v) is 6.81. The predicted molar refractivity (Wildman–Crippen MR) is 48.4 cm³/mol. The molecule has 1 atom stereocenters. The van der Waals surface area contributed by atoms with Crippen LogP contribution in [0, 0.1) is 0 Å². The highest BCUT2D eigenvalue weighted by molar-refractivity contribution is 5.49. The Kier molecular flexibility index (Phi) is 2.08. The second-order valence-corrected chi connectivity index (χ2v) is 2.93. The highest BCUT2D eigenvalue weighted by Crippen LogP contribution is 2.08. The minimum Gasteiger partial charge on any atom is -0.481 e. The van der Waals surface area contributed by atoms with Crippen LogP contribution in [0.15, 0.2) is 35.3 Å². The molecule has 2 nitrogen and oxygen atoms in total. The van der Waals surface area contributed by atoms with Crippen LogP contribution in [0.4, 0.5) is 0 Å². The fourth-order valence-electron chi connectivity index (χ4n) is 1.32. The summed E-state index contributed by atoms with van der Waals surface area (Å²) in [5, 5.41) is 0. The molecule has 62 valence electrons. The summed E-state index contributed by atoms with van der Waals surface area (Å²) in [4.78, 5) is 4.18. The Morgan fingerprint density at radius 3 is 2.83 bits per heavy atom. The molecule has 1 heterocycles. The van der Waals surface area contributed by atoms with E-state index in [1.807, 2.05) is 6.07 Å². The molecule has 2 heteroatoms. The first-order chi connectivity index (χ1) is 5.95. The van der Waals surface area contributed by atoms with Gasteiger partial charge in [-0.15, -0.1) is 0 Å². The SMILES string of the molecule is C1=N[C@@H](Cc2ccccc2)CO1. The average Bonchev–Trinajstić information content (AvgIpc) is 2.59. The molecule has 0 bridgehead atoms. The van der Waals surface area contributed by atoms with Gasteiger partial charge in [0.1, 0.15) is 6.61 Å². The van der Waals surface area contributed by atoms with Gasteiger partial charge in [-0.25, -0.2) is 0 Å². The Balaban J connectivity index is 1.99. The first-order valence-electron chi connectivity index (χ1n) is 4.12. The van der Waals surface area contributed by atoms with E-state index in [4.69, 9.17) is 4.74 Å². The molecule has 0 amide bonds. The van der Waals surface area contributed by atoms with Crippen molar-refractivity contribution >= 4 is 6.40 Å². The maximum absolute atomic E-state index is 5.04. The van der Waals surface area contributed by atoms with Gasteiger partial charge < -0.3 is 4.74 Å². The third-order valence-corrected chi connectivity index (χ3v) is 1.95. The fraction of sp³-hybridized carbons (Fsp3) is 0.300. The molecule has 0 fully saturated rings. The quantitative estimate of drug-likeness (QED) is 0.646. The van der Waals surface area contributed by atoms with Crippen LogP contribution in [0.5, 0.6) is 0 Å². The minimum atomic E-state index is 0.326. The van der Waals surface area contributed by atoms with Gasteiger partial charge in [-0.3, -0.25) is 4.99 Å². The Bertz CT molecular complexity index is 268. The molecule has 0 saturated heterocycles. The van der Waals surface area contributed by atoms with Crippen LogP contribution in [0.3, 0.4) is 0 Å². The van der Waals surface area contributed by atoms with Gasteiger partial charge in [-0.05, 0) is 12.0 Å². The molecule has 1 aliphatic rings. The lowest BCUT2D eigenvalue weighted by molar-refractivity contribution is 0.327. The molecule has 0 aliphatic carbocycles. The third kappa shape index (κ3) is 1.64. The molecule has 0 unspecified atom stereocenters. The summed E-state index contributed by atoms with van der Waals surface area (Å²) in [6.07, 6.45) is 2.53. The van der Waals surface area contributed by atoms with Crippen LogP contribution in [0.1, 0.15) is 5.56 Å². The molecule has 1 aromatic carbocycles. The summed E-state index contributed by atoms with van der Waals surface area (Å²) in [7, 11) is 0. The molecule has 1 aromatic rings. The van der Waals surface area contributed by atoms with Gasteiger partial charge in [0.05, 0.1) is 6.04 Å². The van der Waals surface area contributed by atoms with Crippen LogP contribution >= 0.6 is 0 Å². The third-order valence-electron chi connectivity index (χ3n) is 1.95. The van der Waals surface area contributed by atoms with Crippen LogP contribution in [0.2, 0.25) is 0 Å². The van der Waals surface area contributed by atoms with E-state index in [1.54, 1.807) is 6.40 Å². The smallest absolute Gasteiger partial charge is 0.169 e. The zero-order chi connectivity index (χ0) is 8.23. The van der Waals surface area contributed by atoms with E-state index < -0.39 is 0 Å². The van der Waals surface area contributed by atoms with Crippen LogP contribution in [-0.4, -0.2) is 19.0 Å². The second kappa shape index (κ2) is 3.39. The number of benzene rings is 1. The highest BCUT2D eigenvalue weighted by atomic mass is 16.5. The van der Waals surface area contributed by atoms with Crippen molar-refractivity contribution in [1.29, 1.82) is 0 Å². The van der Waals surface area contributed by atoms with Gasteiger partial charge in [-0.2, -0.15) is 0 Å². The molecule has 1 aliphatic heterocycles. The topological polar surface area (TPSA) is 21.6 Å². The van der Waals surface area contributed by atoms with Crippen molar-refractivity contribution in [2.45, 2.75) is 12.5 Å². The largest absolute Gasteiger partial charge is 0.481 e. The van der Waals surface area contributed by atoms with Crippen molar-refractivity contribution in [3.63, 3.8) is 0 Å². The number of hydrogen-bond donors (Lipinski definition) is 0. The Hall–Kier alpha value is -1.31. The van der Waals surface area contributed by atoms with Crippen LogP contribution in [-0.2, 0) is 11.2 Å². The Labute approximate surface area is 71.9 Å². The van der Waals surface area contributed by atoms with E-state index in [-0.39, 0.29) is 0 Å². The molecule has 0 radical (unpaired) electrons. The van der Waals surface area contributed by atoms with Gasteiger partial charge in [0, 0.05) is 0 Å². The Morgan fingerprint density at radius 2 is 2.17 bits per heavy atom. The van der Waals surface area contributed by atoms with Gasteiger partial charge in [0.15, 0.2) is 6.40 Å². The summed E-state index contributed by atoms with van der Waals surface area (Å²) in [6, 6.07) is 10.7. The molecular formula is C10H11NO. The lowest BCUT2D eigenvalue weighted by Gasteiger charge is -2.04. The number of nitrogens with zero attached hydrogens (tertiary/aromatic N) is 1. The van der Waals surface area contributed by atoms with Crippen molar-refractivity contribution in [3.05, 3.63) is 35.9 Å². The maximum Gasteiger partial charge on any atom is 0.169 e. The predicted octanol–water partition coefficient (Wildman–Crippen LogP) is 1.66. The number of aliphatic imine (C=N–C) groups is 1. The van der Waals surface area contributed by atoms with Crippen LogP contribution in [0.25, 0.3) is 0 Å². The highest BCUT2D eigenvalue weighted by Gasteiger charge is 2.11. The van der Waals surface area contributed by atoms with Gasteiger partial charge in [-0.1, -0.05) is 30.3 Å². The molecular weight excluding hydrogens is 150 g/mol. The summed E-state index contributed by atoms with van der Waals surface area (Å²) < 4.78 is 5.04. The van der Waals surface area contributed by atoms with Crippen molar-refractivity contribution < 1.29 is 4.74 Å². The summed E-state index contributed by atoms with van der Waals surface area (Å²) in [5.41, 5.74) is 1.32. The standard InChI is InChI=1S/C10H11NO/c1-2-4-9(5-3-1)6-10-7-12-8-11-10/h1-5,8,10H,6-7H2/t10-/m0/s1. The molecule has 0 spiro atoms. The number of ether oxygens (including phenoxy) is 1. The number of hydrogen-bond acceptors (Lipinski definition) is 2. The lowest BCUT2D eigenvalue weighted by Crippen LogP contribution is -2.09. The van der Waals surface area contributed by atoms with E-state index in [0.717, 1.165) is 13.0 Å². The molecule has 0 saturated carbocycles. The molecule has 2 rings (SSSR count).